The van der Waals surface area contributed by atoms with Crippen molar-refractivity contribution < 1.29 is 9.18 Å². The molecule has 186 valence electrons. The number of likely N-dealkylation sites (tertiary alicyclic amines) is 1. The molecule has 3 aromatic rings. The van der Waals surface area contributed by atoms with Crippen LogP contribution in [0.5, 0.6) is 0 Å². The van der Waals surface area contributed by atoms with Crippen LogP contribution < -0.4 is 11.1 Å². The van der Waals surface area contributed by atoms with E-state index in [2.05, 4.69) is 27.6 Å². The minimum atomic E-state index is -0.663. The molecule has 0 saturated carbocycles. The molecule has 36 heavy (non-hydrogen) atoms. The molecule has 2 aliphatic heterocycles. The molecular formula is C27H28ClFN6O. The third-order valence-corrected chi connectivity index (χ3v) is 8.27. The highest BCUT2D eigenvalue weighted by Gasteiger charge is 2.43. The fraction of sp³-hybridized carbons (Fsp3) is 0.370. The third-order valence-electron chi connectivity index (χ3n) is 7.88. The Morgan fingerprint density at radius 3 is 2.78 bits per heavy atom. The monoisotopic (exact) mass is 506 g/mol. The molecule has 7 nitrogen and oxygen atoms in total. The minimum absolute atomic E-state index is 0.111. The van der Waals surface area contributed by atoms with Crippen molar-refractivity contribution in [3.05, 3.63) is 70.4 Å². The Balaban J connectivity index is 1.41. The maximum atomic E-state index is 16.2. The van der Waals surface area contributed by atoms with Gasteiger partial charge in [-0.1, -0.05) is 23.8 Å². The Morgan fingerprint density at radius 1 is 1.22 bits per heavy atom. The molecule has 0 unspecified atom stereocenters. The number of anilines is 2. The molecule has 0 bridgehead atoms. The van der Waals surface area contributed by atoms with Gasteiger partial charge < -0.3 is 16.0 Å². The van der Waals surface area contributed by atoms with Gasteiger partial charge in [-0.15, -0.1) is 0 Å². The van der Waals surface area contributed by atoms with Crippen LogP contribution >= 0.6 is 11.6 Å². The number of aryl methyl sites for hydroxylation is 1. The van der Waals surface area contributed by atoms with Crippen molar-refractivity contribution in [3.8, 4) is 11.1 Å². The Morgan fingerprint density at radius 2 is 2.03 bits per heavy atom. The van der Waals surface area contributed by atoms with E-state index in [9.17, 15) is 4.79 Å². The zero-order chi connectivity index (χ0) is 25.0. The molecule has 4 heterocycles. The van der Waals surface area contributed by atoms with Crippen LogP contribution in [0.2, 0.25) is 5.02 Å². The summed E-state index contributed by atoms with van der Waals surface area (Å²) in [5.41, 5.74) is 8.61. The molecule has 1 fully saturated rings. The van der Waals surface area contributed by atoms with Gasteiger partial charge in [0.15, 0.2) is 0 Å². The maximum absolute atomic E-state index is 16.2. The second-order valence-electron chi connectivity index (χ2n) is 10.1. The van der Waals surface area contributed by atoms with Gasteiger partial charge in [0.25, 0.3) is 5.91 Å². The Hall–Kier alpha value is -3.39. The molecule has 1 saturated heterocycles. The fourth-order valence-electron chi connectivity index (χ4n) is 5.98. The van der Waals surface area contributed by atoms with Gasteiger partial charge in [-0.05, 0) is 44.2 Å². The molecule has 9 heteroatoms. The maximum Gasteiger partial charge on any atom is 0.259 e. The first kappa shape index (κ1) is 23.0. The molecule has 3 aliphatic rings. The van der Waals surface area contributed by atoms with Crippen LogP contribution in [0.3, 0.4) is 0 Å². The van der Waals surface area contributed by atoms with E-state index < -0.39 is 11.7 Å². The number of hydrogen-bond donors (Lipinski definition) is 2. The van der Waals surface area contributed by atoms with Gasteiger partial charge in [0, 0.05) is 65.9 Å². The summed E-state index contributed by atoms with van der Waals surface area (Å²) in [6, 6.07) is 3.00. The number of benzene rings is 1. The number of aromatic nitrogens is 3. The van der Waals surface area contributed by atoms with E-state index in [1.54, 1.807) is 34.1 Å². The van der Waals surface area contributed by atoms with Crippen LogP contribution in [0.4, 0.5) is 15.9 Å². The van der Waals surface area contributed by atoms with Gasteiger partial charge in [-0.3, -0.25) is 9.48 Å². The number of halogens is 2. The normalized spacial score (nSPS) is 20.1. The molecule has 6 rings (SSSR count). The number of nitrogen functional groups attached to an aromatic ring is 1. The molecule has 1 aromatic carbocycles. The number of amides is 1. The number of nitrogens with one attached hydrogen (secondary N) is 1. The number of nitrogens with two attached hydrogens (primary N) is 1. The van der Waals surface area contributed by atoms with Crippen LogP contribution in [0, 0.1) is 5.82 Å². The van der Waals surface area contributed by atoms with Crippen molar-refractivity contribution >= 4 is 29.0 Å². The highest BCUT2D eigenvalue weighted by atomic mass is 35.5. The zero-order valence-corrected chi connectivity index (χ0v) is 20.9. The SMILES string of the molecule is Cn1cc([C@@H]2CCCCN2C(=O)c2c(N)ccc(-c3cnc4c(c3Cl)C3(CC=CC3)CN4)c2F)cn1. The number of pyridine rings is 1. The highest BCUT2D eigenvalue weighted by Crippen LogP contribution is 2.50. The van der Waals surface area contributed by atoms with Crippen LogP contribution in [0.25, 0.3) is 11.1 Å². The van der Waals surface area contributed by atoms with Crippen molar-refractivity contribution in [2.45, 2.75) is 43.6 Å². The lowest BCUT2D eigenvalue weighted by molar-refractivity contribution is 0.0608. The molecule has 1 aliphatic carbocycles. The zero-order valence-electron chi connectivity index (χ0n) is 20.1. The van der Waals surface area contributed by atoms with E-state index in [1.807, 2.05) is 13.2 Å². The van der Waals surface area contributed by atoms with E-state index in [4.69, 9.17) is 17.3 Å². The third kappa shape index (κ3) is 3.50. The summed E-state index contributed by atoms with van der Waals surface area (Å²) >= 11 is 6.95. The predicted molar refractivity (Wildman–Crippen MR) is 138 cm³/mol. The van der Waals surface area contributed by atoms with E-state index in [1.165, 1.54) is 0 Å². The number of hydrogen-bond acceptors (Lipinski definition) is 5. The smallest absolute Gasteiger partial charge is 0.259 e. The molecular weight excluding hydrogens is 479 g/mol. The van der Waals surface area contributed by atoms with Gasteiger partial charge in [0.1, 0.15) is 11.6 Å². The fourth-order valence-corrected chi connectivity index (χ4v) is 6.42. The summed E-state index contributed by atoms with van der Waals surface area (Å²) < 4.78 is 17.9. The largest absolute Gasteiger partial charge is 0.398 e. The standard InChI is InChI=1S/C27H28ClFN6O/c1-34-14-16(12-33-34)20-6-2-5-11-35(20)26(36)21-19(30)8-7-17(24(21)29)18-13-31-25-22(23(18)28)27(15-32-25)9-3-4-10-27/h3-4,7-8,12-14,20H,2,5-6,9-11,15,30H2,1H3,(H,31,32)/t20-/m0/s1. The summed E-state index contributed by atoms with van der Waals surface area (Å²) in [5, 5.41) is 8.09. The molecule has 1 atom stereocenters. The number of fused-ring (bicyclic) bond motifs is 2. The molecule has 1 amide bonds. The average Bonchev–Trinajstić information content (AvgIpc) is 3.61. The molecule has 3 N–H and O–H groups in total. The first-order valence-corrected chi connectivity index (χ1v) is 12.7. The minimum Gasteiger partial charge on any atom is -0.398 e. The van der Waals surface area contributed by atoms with Crippen molar-refractivity contribution in [3.63, 3.8) is 0 Å². The van der Waals surface area contributed by atoms with Gasteiger partial charge in [0.05, 0.1) is 22.8 Å². The van der Waals surface area contributed by atoms with Crippen LogP contribution in [0.1, 0.15) is 59.6 Å². The number of rotatable bonds is 3. The Labute approximate surface area is 214 Å². The van der Waals surface area contributed by atoms with E-state index in [0.29, 0.717) is 17.1 Å². The summed E-state index contributed by atoms with van der Waals surface area (Å²) in [6.07, 6.45) is 13.9. The average molecular weight is 507 g/mol. The number of carbonyl (C=O) groups excluding carboxylic acids is 1. The molecule has 0 radical (unpaired) electrons. The Bertz CT molecular complexity index is 1390. The lowest BCUT2D eigenvalue weighted by atomic mass is 9.80. The summed E-state index contributed by atoms with van der Waals surface area (Å²) in [7, 11) is 1.84. The highest BCUT2D eigenvalue weighted by molar-refractivity contribution is 6.34. The predicted octanol–water partition coefficient (Wildman–Crippen LogP) is 5.24. The topological polar surface area (TPSA) is 89.1 Å². The summed E-state index contributed by atoms with van der Waals surface area (Å²) in [4.78, 5) is 20.1. The van der Waals surface area contributed by atoms with Gasteiger partial charge in [-0.2, -0.15) is 5.10 Å². The van der Waals surface area contributed by atoms with E-state index >= 15 is 4.39 Å². The lowest BCUT2D eigenvalue weighted by Crippen LogP contribution is -2.39. The second-order valence-corrected chi connectivity index (χ2v) is 10.4. The van der Waals surface area contributed by atoms with E-state index in [0.717, 1.165) is 55.6 Å². The quantitative estimate of drug-likeness (QED) is 0.374. The number of carbonyl (C=O) groups is 1. The van der Waals surface area contributed by atoms with Gasteiger partial charge in [0.2, 0.25) is 0 Å². The van der Waals surface area contributed by atoms with Crippen LogP contribution in [0.15, 0.2) is 42.9 Å². The van der Waals surface area contributed by atoms with Gasteiger partial charge in [-0.25, -0.2) is 9.37 Å². The summed E-state index contributed by atoms with van der Waals surface area (Å²) in [5.74, 6) is -0.334. The molecule has 1 spiro atoms. The Kier molecular flexibility index (Phi) is 5.52. The van der Waals surface area contributed by atoms with Crippen LogP contribution in [-0.2, 0) is 12.5 Å². The lowest BCUT2D eigenvalue weighted by Gasteiger charge is -2.35. The van der Waals surface area contributed by atoms with Crippen molar-refractivity contribution in [1.82, 2.24) is 19.7 Å². The first-order valence-electron chi connectivity index (χ1n) is 12.4. The van der Waals surface area contributed by atoms with Crippen molar-refractivity contribution in [2.24, 2.45) is 7.05 Å². The second kappa shape index (κ2) is 8.62. The molecule has 2 aromatic heterocycles. The first-order chi connectivity index (χ1) is 17.4. The van der Waals surface area contributed by atoms with Crippen molar-refractivity contribution in [1.29, 1.82) is 0 Å². The number of nitrogens with zero attached hydrogens (tertiary/aromatic N) is 4. The van der Waals surface area contributed by atoms with Crippen molar-refractivity contribution in [2.75, 3.05) is 24.1 Å². The van der Waals surface area contributed by atoms with Crippen LogP contribution in [-0.4, -0.2) is 38.7 Å². The number of allylic oxidation sites excluding steroid dienone is 2. The summed E-state index contributed by atoms with van der Waals surface area (Å²) in [6.45, 7) is 1.27. The number of piperidine rings is 1. The van der Waals surface area contributed by atoms with Gasteiger partial charge >= 0.3 is 0 Å². The van der Waals surface area contributed by atoms with E-state index in [-0.39, 0.29) is 28.3 Å².